The van der Waals surface area contributed by atoms with Gasteiger partial charge in [-0.05, 0) is 31.2 Å². The number of nitrogens with one attached hydrogen (secondary N) is 2. The number of methoxy groups -OCH3 is 1. The van der Waals surface area contributed by atoms with Crippen molar-refractivity contribution in [2.75, 3.05) is 17.7 Å². The fourth-order valence-corrected chi connectivity index (χ4v) is 3.31. The largest absolute Gasteiger partial charge is 0.478 e. The highest BCUT2D eigenvalue weighted by atomic mass is 16.5. The number of rotatable bonds is 7. The normalized spacial score (nSPS) is 10.8. The highest BCUT2D eigenvalue weighted by Crippen LogP contribution is 2.28. The van der Waals surface area contributed by atoms with E-state index in [2.05, 4.69) is 33.9 Å². The molecule has 0 saturated heterocycles. The molecule has 9 nitrogen and oxygen atoms in total. The summed E-state index contributed by atoms with van der Waals surface area (Å²) in [6, 6.07) is 7.48. The summed E-state index contributed by atoms with van der Waals surface area (Å²) in [5, 5.41) is 10.7. The van der Waals surface area contributed by atoms with Crippen LogP contribution in [0.5, 0.6) is 5.88 Å². The van der Waals surface area contributed by atoms with Crippen LogP contribution in [0.25, 0.3) is 11.3 Å². The second kappa shape index (κ2) is 7.86. The average Bonchev–Trinajstić information content (AvgIpc) is 3.32. The maximum Gasteiger partial charge on any atom is 0.338 e. The summed E-state index contributed by atoms with van der Waals surface area (Å²) in [5.74, 6) is 0.441. The van der Waals surface area contributed by atoms with E-state index in [1.807, 2.05) is 31.2 Å². The average molecular weight is 417 g/mol. The van der Waals surface area contributed by atoms with Crippen molar-refractivity contribution < 1.29 is 4.74 Å². The first kappa shape index (κ1) is 20.0. The predicted octanol–water partition coefficient (Wildman–Crippen LogP) is 3.39. The van der Waals surface area contributed by atoms with Gasteiger partial charge in [-0.1, -0.05) is 19.2 Å². The van der Waals surface area contributed by atoms with Gasteiger partial charge in [-0.2, -0.15) is 0 Å². The molecule has 31 heavy (non-hydrogen) atoms. The van der Waals surface area contributed by atoms with Crippen LogP contribution >= 0.6 is 0 Å². The highest BCUT2D eigenvalue weighted by molar-refractivity contribution is 5.75. The summed E-state index contributed by atoms with van der Waals surface area (Å²) in [6.07, 6.45) is 6.81. The van der Waals surface area contributed by atoms with Crippen LogP contribution < -0.4 is 21.1 Å². The second-order valence-electron chi connectivity index (χ2n) is 7.01. The molecule has 0 fully saturated rings. The van der Waals surface area contributed by atoms with E-state index in [4.69, 9.17) is 4.74 Å². The van der Waals surface area contributed by atoms with Crippen LogP contribution in [0.15, 0.2) is 72.6 Å². The van der Waals surface area contributed by atoms with Gasteiger partial charge in [0.2, 0.25) is 0 Å². The van der Waals surface area contributed by atoms with Crippen molar-refractivity contribution in [3.8, 4) is 11.6 Å². The van der Waals surface area contributed by atoms with Crippen LogP contribution in [0.4, 0.5) is 17.1 Å². The molecule has 4 aromatic rings. The summed E-state index contributed by atoms with van der Waals surface area (Å²) >= 11 is 0. The van der Waals surface area contributed by atoms with Crippen LogP contribution in [0.3, 0.4) is 0 Å². The molecule has 0 unspecified atom stereocenters. The van der Waals surface area contributed by atoms with Crippen LogP contribution in [0.1, 0.15) is 5.69 Å². The number of nitrogens with zero attached hydrogens (tertiary/aromatic N) is 5. The Balaban J connectivity index is 1.87. The molecule has 0 saturated carbocycles. The highest BCUT2D eigenvalue weighted by Gasteiger charge is 2.16. The zero-order valence-electron chi connectivity index (χ0n) is 17.6. The van der Waals surface area contributed by atoms with Crippen molar-refractivity contribution in [3.05, 3.63) is 84.0 Å². The maximum absolute atomic E-state index is 13.3. The van der Waals surface area contributed by atoms with Crippen molar-refractivity contribution in [3.63, 3.8) is 0 Å². The van der Waals surface area contributed by atoms with Crippen LogP contribution in [0, 0.1) is 6.92 Å². The molecule has 0 spiro atoms. The Morgan fingerprint density at radius 2 is 2.06 bits per heavy atom. The van der Waals surface area contributed by atoms with Crippen molar-refractivity contribution in [2.45, 2.75) is 6.92 Å². The maximum atomic E-state index is 13.3. The molecule has 0 radical (unpaired) electrons. The molecular weight excluding hydrogens is 394 g/mol. The van der Waals surface area contributed by atoms with Gasteiger partial charge >= 0.3 is 5.69 Å². The lowest BCUT2D eigenvalue weighted by atomic mass is 10.2. The van der Waals surface area contributed by atoms with Gasteiger partial charge in [-0.25, -0.2) is 14.2 Å². The number of hydrogen-bond donors (Lipinski definition) is 2. The summed E-state index contributed by atoms with van der Waals surface area (Å²) in [7, 11) is 3.36. The number of aromatic nitrogens is 5. The minimum atomic E-state index is -0.228. The Labute approximate surface area is 178 Å². The molecule has 0 amide bonds. The third kappa shape index (κ3) is 3.68. The lowest BCUT2D eigenvalue weighted by Gasteiger charge is -2.14. The number of allylic oxidation sites excluding steroid dienone is 1. The van der Waals surface area contributed by atoms with Crippen LogP contribution in [0.2, 0.25) is 0 Å². The molecule has 3 heterocycles. The lowest BCUT2D eigenvalue weighted by Crippen LogP contribution is -2.26. The zero-order valence-corrected chi connectivity index (χ0v) is 17.6. The number of anilines is 3. The molecule has 0 aliphatic rings. The van der Waals surface area contributed by atoms with E-state index >= 15 is 0 Å². The number of fused-ring (bicyclic) bond motifs is 1. The third-order valence-corrected chi connectivity index (χ3v) is 4.77. The first-order valence-corrected chi connectivity index (χ1v) is 9.54. The molecule has 0 aliphatic carbocycles. The predicted molar refractivity (Wildman–Crippen MR) is 122 cm³/mol. The monoisotopic (exact) mass is 417 g/mol. The third-order valence-electron chi connectivity index (χ3n) is 4.77. The molecule has 0 bridgehead atoms. The van der Waals surface area contributed by atoms with Crippen LogP contribution in [-0.2, 0) is 7.05 Å². The Kier molecular flexibility index (Phi) is 5.08. The summed E-state index contributed by atoms with van der Waals surface area (Å²) in [6.45, 7) is 9.42. The molecule has 0 aliphatic heterocycles. The SMILES string of the molecule is C=CC(=C)Nc1cccc(-n2cc(Nc3cn(C)nc3OC)c3ncc(C)n3c2=O)c1. The number of imidazole rings is 1. The van der Waals surface area contributed by atoms with Crippen molar-refractivity contribution in [1.82, 2.24) is 23.7 Å². The van der Waals surface area contributed by atoms with E-state index in [-0.39, 0.29) is 5.69 Å². The summed E-state index contributed by atoms with van der Waals surface area (Å²) in [5.41, 5.74) is 4.44. The van der Waals surface area contributed by atoms with Crippen molar-refractivity contribution in [2.24, 2.45) is 7.05 Å². The van der Waals surface area contributed by atoms with Gasteiger partial charge in [0, 0.05) is 36.5 Å². The Morgan fingerprint density at radius 3 is 2.81 bits per heavy atom. The van der Waals surface area contributed by atoms with Gasteiger partial charge in [-0.3, -0.25) is 9.25 Å². The van der Waals surface area contributed by atoms with Gasteiger partial charge in [0.25, 0.3) is 5.88 Å². The molecule has 1 aromatic carbocycles. The standard InChI is InChI=1S/C22H23N7O2/c1-6-14(2)24-16-8-7-9-17(10-16)28-13-18(20-23-11-15(3)29(20)22(28)30)25-19-12-27(4)26-21(19)31-5/h6-13,24-25H,1-2H2,3-5H3. The topological polar surface area (TPSA) is 90.4 Å². The first-order chi connectivity index (χ1) is 14.9. The van der Waals surface area contributed by atoms with E-state index in [1.54, 1.807) is 52.5 Å². The molecule has 4 rings (SSSR count). The van der Waals surface area contributed by atoms with Crippen molar-refractivity contribution in [1.29, 1.82) is 0 Å². The molecule has 3 aromatic heterocycles. The first-order valence-electron chi connectivity index (χ1n) is 9.54. The lowest BCUT2D eigenvalue weighted by molar-refractivity contribution is 0.393. The fourth-order valence-electron chi connectivity index (χ4n) is 3.31. The zero-order chi connectivity index (χ0) is 22.1. The van der Waals surface area contributed by atoms with E-state index in [0.29, 0.717) is 34.3 Å². The molecule has 158 valence electrons. The fraction of sp³-hybridized carbons (Fsp3) is 0.136. The minimum Gasteiger partial charge on any atom is -0.478 e. The van der Waals surface area contributed by atoms with E-state index in [0.717, 1.165) is 11.4 Å². The number of ether oxygens (including phenoxy) is 1. The van der Waals surface area contributed by atoms with Gasteiger partial charge in [-0.15, -0.1) is 5.10 Å². The Morgan fingerprint density at radius 1 is 1.26 bits per heavy atom. The van der Waals surface area contributed by atoms with Gasteiger partial charge in [0.1, 0.15) is 5.69 Å². The number of hydrogen-bond acceptors (Lipinski definition) is 6. The summed E-state index contributed by atoms with van der Waals surface area (Å²) < 4.78 is 10.1. The van der Waals surface area contributed by atoms with E-state index in [9.17, 15) is 4.79 Å². The molecule has 9 heteroatoms. The van der Waals surface area contributed by atoms with Gasteiger partial charge in [0.05, 0.1) is 24.7 Å². The smallest absolute Gasteiger partial charge is 0.338 e. The van der Waals surface area contributed by atoms with Gasteiger partial charge < -0.3 is 15.4 Å². The molecule has 2 N–H and O–H groups in total. The van der Waals surface area contributed by atoms with E-state index < -0.39 is 0 Å². The molecular formula is C22H23N7O2. The quantitative estimate of drug-likeness (QED) is 0.448. The van der Waals surface area contributed by atoms with Gasteiger partial charge in [0.15, 0.2) is 5.65 Å². The van der Waals surface area contributed by atoms with Crippen LogP contribution in [-0.4, -0.2) is 30.8 Å². The Hall–Kier alpha value is -4.27. The second-order valence-corrected chi connectivity index (χ2v) is 7.01. The Bertz CT molecular complexity index is 1360. The van der Waals surface area contributed by atoms with E-state index in [1.165, 1.54) is 0 Å². The summed E-state index contributed by atoms with van der Waals surface area (Å²) in [4.78, 5) is 17.7. The minimum absolute atomic E-state index is 0.228. The number of benzene rings is 1. The van der Waals surface area contributed by atoms with Crippen molar-refractivity contribution >= 4 is 22.7 Å². The molecule has 0 atom stereocenters. The number of aryl methyl sites for hydroxylation is 2.